The molecule has 198 valence electrons. The van der Waals surface area contributed by atoms with Crippen LogP contribution in [0.2, 0.25) is 0 Å². The maximum absolute atomic E-state index is 12.5. The molecule has 3 aromatic carbocycles. The number of hydrogen-bond acceptors (Lipinski definition) is 7. The van der Waals surface area contributed by atoms with Crippen LogP contribution in [0.25, 0.3) is 11.1 Å². The van der Waals surface area contributed by atoms with E-state index in [-0.39, 0.29) is 12.4 Å². The molecule has 7 nitrogen and oxygen atoms in total. The Morgan fingerprint density at radius 2 is 1.29 bits per heavy atom. The predicted molar refractivity (Wildman–Crippen MR) is 150 cm³/mol. The van der Waals surface area contributed by atoms with Crippen LogP contribution >= 0.6 is 0 Å². The molecule has 0 unspecified atom stereocenters. The second kappa shape index (κ2) is 19.6. The summed E-state index contributed by atoms with van der Waals surface area (Å²) in [6.07, 6.45) is 4.52. The van der Waals surface area contributed by atoms with E-state index >= 15 is 0 Å². The molecule has 2 N–H and O–H groups in total. The SMILES string of the molecule is CC=O.CCC(=O)Oc1cccc(OC(=O)c2cccc(-c3ccccc3)c2)c1.CCN.c1ccncc1. The highest BCUT2D eigenvalue weighted by molar-refractivity contribution is 5.92. The van der Waals surface area contributed by atoms with Gasteiger partial charge in [0.25, 0.3) is 0 Å². The molecule has 0 fully saturated rings. The summed E-state index contributed by atoms with van der Waals surface area (Å²) in [5, 5.41) is 0. The van der Waals surface area contributed by atoms with Crippen molar-refractivity contribution in [2.24, 2.45) is 5.73 Å². The monoisotopic (exact) mass is 514 g/mol. The van der Waals surface area contributed by atoms with Gasteiger partial charge in [-0.2, -0.15) is 0 Å². The Hall–Kier alpha value is -4.62. The van der Waals surface area contributed by atoms with Crippen molar-refractivity contribution in [2.45, 2.75) is 27.2 Å². The van der Waals surface area contributed by atoms with Gasteiger partial charge in [-0.25, -0.2) is 4.79 Å². The average molecular weight is 515 g/mol. The van der Waals surface area contributed by atoms with E-state index in [0.717, 1.165) is 24.0 Å². The lowest BCUT2D eigenvalue weighted by Crippen LogP contribution is -2.09. The van der Waals surface area contributed by atoms with Crippen molar-refractivity contribution in [3.63, 3.8) is 0 Å². The summed E-state index contributed by atoms with van der Waals surface area (Å²) in [6, 6.07) is 29.2. The fourth-order valence-corrected chi connectivity index (χ4v) is 2.74. The number of rotatable bonds is 5. The van der Waals surface area contributed by atoms with Crippen molar-refractivity contribution in [1.82, 2.24) is 4.98 Å². The van der Waals surface area contributed by atoms with E-state index in [0.29, 0.717) is 17.1 Å². The lowest BCUT2D eigenvalue weighted by molar-refractivity contribution is -0.134. The molecule has 0 bridgehead atoms. The van der Waals surface area contributed by atoms with Crippen molar-refractivity contribution in [3.05, 3.63) is 115 Å². The lowest BCUT2D eigenvalue weighted by Gasteiger charge is -2.08. The van der Waals surface area contributed by atoms with E-state index in [1.54, 1.807) is 49.6 Å². The van der Waals surface area contributed by atoms with Crippen molar-refractivity contribution >= 4 is 18.2 Å². The average Bonchev–Trinajstić information content (AvgIpc) is 2.96. The van der Waals surface area contributed by atoms with Crippen molar-refractivity contribution < 1.29 is 23.9 Å². The smallest absolute Gasteiger partial charge is 0.343 e. The van der Waals surface area contributed by atoms with E-state index in [1.165, 1.54) is 13.0 Å². The zero-order valence-corrected chi connectivity index (χ0v) is 21.9. The highest BCUT2D eigenvalue weighted by atomic mass is 16.5. The van der Waals surface area contributed by atoms with Gasteiger partial charge < -0.3 is 20.0 Å². The number of nitrogens with two attached hydrogens (primary N) is 1. The number of benzene rings is 3. The largest absolute Gasteiger partial charge is 0.426 e. The molecule has 1 heterocycles. The minimum Gasteiger partial charge on any atom is -0.426 e. The van der Waals surface area contributed by atoms with Crippen LogP contribution in [0.3, 0.4) is 0 Å². The van der Waals surface area contributed by atoms with E-state index in [9.17, 15) is 9.59 Å². The standard InChI is InChI=1S/C22H18O4.C5H5N.C2H7N.C2H4O/c1-2-21(23)25-19-12-7-13-20(15-19)26-22(24)18-11-6-10-17(14-18)16-8-4-3-5-9-16;1-2-4-6-5-3-1;2*1-2-3/h3-15H,2H2,1H3;1-5H;2-3H2,1H3;2H,1H3. The normalized spacial score (nSPS) is 9.05. The maximum Gasteiger partial charge on any atom is 0.343 e. The summed E-state index contributed by atoms with van der Waals surface area (Å²) in [5.41, 5.74) is 7.25. The first kappa shape index (κ1) is 31.4. The second-order valence-corrected chi connectivity index (χ2v) is 7.31. The zero-order chi connectivity index (χ0) is 28.0. The summed E-state index contributed by atoms with van der Waals surface area (Å²) in [7, 11) is 0. The second-order valence-electron chi connectivity index (χ2n) is 7.31. The summed E-state index contributed by atoms with van der Waals surface area (Å²) < 4.78 is 10.6. The molecule has 4 rings (SSSR count). The van der Waals surface area contributed by atoms with Crippen LogP contribution in [0.4, 0.5) is 0 Å². The molecule has 0 aliphatic carbocycles. The fourth-order valence-electron chi connectivity index (χ4n) is 2.74. The van der Waals surface area contributed by atoms with Crippen molar-refractivity contribution in [1.29, 1.82) is 0 Å². The van der Waals surface area contributed by atoms with E-state index in [1.807, 2.05) is 67.6 Å². The van der Waals surface area contributed by atoms with Gasteiger partial charge in [0.15, 0.2) is 0 Å². The molecule has 7 heteroatoms. The Morgan fingerprint density at radius 1 is 0.763 bits per heavy atom. The van der Waals surface area contributed by atoms with Crippen LogP contribution in [-0.2, 0) is 9.59 Å². The molecule has 38 heavy (non-hydrogen) atoms. The molecule has 0 aliphatic rings. The first-order valence-electron chi connectivity index (χ1n) is 12.1. The molecule has 0 amide bonds. The first-order valence-corrected chi connectivity index (χ1v) is 12.1. The highest BCUT2D eigenvalue weighted by Gasteiger charge is 2.11. The first-order chi connectivity index (χ1) is 18.5. The number of carbonyl (C=O) groups is 3. The van der Waals surface area contributed by atoms with Gasteiger partial charge in [-0.3, -0.25) is 9.78 Å². The number of aldehydes is 1. The number of nitrogens with zero attached hydrogens (tertiary/aromatic N) is 1. The summed E-state index contributed by atoms with van der Waals surface area (Å²) in [6.45, 7) is 5.81. The number of pyridine rings is 1. The highest BCUT2D eigenvalue weighted by Crippen LogP contribution is 2.23. The van der Waals surface area contributed by atoms with Gasteiger partial charge in [0, 0.05) is 24.9 Å². The number of aromatic nitrogens is 1. The summed E-state index contributed by atoms with van der Waals surface area (Å²) in [4.78, 5) is 36.4. The Morgan fingerprint density at radius 3 is 1.82 bits per heavy atom. The molecule has 0 spiro atoms. The maximum atomic E-state index is 12.5. The van der Waals surface area contributed by atoms with Crippen LogP contribution in [0.5, 0.6) is 11.5 Å². The fraction of sp³-hybridized carbons (Fsp3) is 0.161. The molecule has 0 saturated heterocycles. The van der Waals surface area contributed by atoms with Gasteiger partial charge in [0.1, 0.15) is 17.8 Å². The van der Waals surface area contributed by atoms with Gasteiger partial charge >= 0.3 is 11.9 Å². The molecule has 0 saturated carbocycles. The number of carbonyl (C=O) groups excluding carboxylic acids is 3. The number of hydrogen-bond donors (Lipinski definition) is 1. The van der Waals surface area contributed by atoms with Crippen LogP contribution in [0.1, 0.15) is 37.6 Å². The molecular weight excluding hydrogens is 480 g/mol. The molecule has 4 aromatic rings. The van der Waals surface area contributed by atoms with Crippen LogP contribution in [0.15, 0.2) is 109 Å². The quantitative estimate of drug-likeness (QED) is 0.194. The third kappa shape index (κ3) is 12.9. The molecular formula is C31H34N2O5. The van der Waals surface area contributed by atoms with Crippen LogP contribution in [-0.4, -0.2) is 29.8 Å². The van der Waals surface area contributed by atoms with Gasteiger partial charge in [0.2, 0.25) is 0 Å². The van der Waals surface area contributed by atoms with E-state index in [4.69, 9.17) is 20.0 Å². The van der Waals surface area contributed by atoms with Gasteiger partial charge in [0.05, 0.1) is 5.56 Å². The third-order valence-corrected chi connectivity index (χ3v) is 4.31. The van der Waals surface area contributed by atoms with Gasteiger partial charge in [-0.05, 0) is 61.0 Å². The third-order valence-electron chi connectivity index (χ3n) is 4.31. The lowest BCUT2D eigenvalue weighted by atomic mass is 10.0. The van der Waals surface area contributed by atoms with Crippen LogP contribution in [0, 0.1) is 0 Å². The number of esters is 2. The van der Waals surface area contributed by atoms with Gasteiger partial charge in [-0.15, -0.1) is 0 Å². The topological polar surface area (TPSA) is 109 Å². The summed E-state index contributed by atoms with van der Waals surface area (Å²) in [5.74, 6) is -0.146. The Balaban J connectivity index is 0.000000501. The molecule has 0 aliphatic heterocycles. The van der Waals surface area contributed by atoms with Crippen LogP contribution < -0.4 is 15.2 Å². The van der Waals surface area contributed by atoms with Gasteiger partial charge in [-0.1, -0.05) is 68.4 Å². The minimum atomic E-state index is -0.471. The Labute approximate surface area is 224 Å². The van der Waals surface area contributed by atoms with E-state index < -0.39 is 5.97 Å². The zero-order valence-electron chi connectivity index (χ0n) is 21.9. The number of ether oxygens (including phenoxy) is 2. The Kier molecular flexibility index (Phi) is 16.2. The molecule has 1 aromatic heterocycles. The van der Waals surface area contributed by atoms with E-state index in [2.05, 4.69) is 4.98 Å². The molecule has 0 atom stereocenters. The van der Waals surface area contributed by atoms with Crippen molar-refractivity contribution in [3.8, 4) is 22.6 Å². The minimum absolute atomic E-state index is 0.274. The Bertz CT molecular complexity index is 1190. The van der Waals surface area contributed by atoms with Crippen molar-refractivity contribution in [2.75, 3.05) is 6.54 Å². The summed E-state index contributed by atoms with van der Waals surface area (Å²) >= 11 is 0. The molecule has 0 radical (unpaired) electrons. The predicted octanol–water partition coefficient (Wildman–Crippen LogP) is 6.14.